The predicted molar refractivity (Wildman–Crippen MR) is 85.6 cm³/mol. The molecule has 1 fully saturated rings. The maximum absolute atomic E-state index is 4.48. The Kier molecular flexibility index (Phi) is 3.95. The molecule has 1 aliphatic rings. The molecule has 1 unspecified atom stereocenters. The lowest BCUT2D eigenvalue weighted by Crippen LogP contribution is -2.19. The van der Waals surface area contributed by atoms with E-state index in [4.69, 9.17) is 0 Å². The third-order valence-electron chi connectivity index (χ3n) is 4.43. The van der Waals surface area contributed by atoms with Crippen molar-refractivity contribution < 1.29 is 0 Å². The van der Waals surface area contributed by atoms with Gasteiger partial charge in [0.05, 0.1) is 11.9 Å². The van der Waals surface area contributed by atoms with Gasteiger partial charge in [-0.05, 0) is 49.3 Å². The molecule has 0 aromatic carbocycles. The molecule has 21 heavy (non-hydrogen) atoms. The van der Waals surface area contributed by atoms with Crippen LogP contribution in [0, 0.1) is 5.41 Å². The van der Waals surface area contributed by atoms with Crippen molar-refractivity contribution in [3.05, 3.63) is 36.8 Å². The van der Waals surface area contributed by atoms with Gasteiger partial charge < -0.3 is 5.32 Å². The van der Waals surface area contributed by atoms with Crippen molar-refractivity contribution in [2.24, 2.45) is 5.41 Å². The summed E-state index contributed by atoms with van der Waals surface area (Å²) in [6, 6.07) is 6.58. The fourth-order valence-electron chi connectivity index (χ4n) is 3.05. The highest BCUT2D eigenvalue weighted by Crippen LogP contribution is 2.34. The summed E-state index contributed by atoms with van der Waals surface area (Å²) in [6.45, 7) is 4.77. The molecule has 3 rings (SSSR count). The molecule has 4 heteroatoms. The highest BCUT2D eigenvalue weighted by atomic mass is 15.3. The molecule has 0 spiro atoms. The molecule has 1 atom stereocenters. The summed E-state index contributed by atoms with van der Waals surface area (Å²) in [4.78, 5) is 4.48. The molecule has 2 aromatic rings. The van der Waals surface area contributed by atoms with E-state index in [0.717, 1.165) is 11.5 Å². The molecule has 0 bridgehead atoms. The standard InChI is InChI=1S/C17H24N4/c1-17(2)9-3-5-14(8-10-17)20-15-6-7-16(18-13-15)21-12-4-11-19-21/h4,6-7,11-14,20H,3,5,8-10H2,1-2H3. The third-order valence-corrected chi connectivity index (χ3v) is 4.43. The Labute approximate surface area is 126 Å². The summed E-state index contributed by atoms with van der Waals surface area (Å²) in [5.41, 5.74) is 1.61. The summed E-state index contributed by atoms with van der Waals surface area (Å²) in [6.07, 6.45) is 12.0. The molecule has 1 aliphatic carbocycles. The van der Waals surface area contributed by atoms with Crippen molar-refractivity contribution in [3.8, 4) is 5.82 Å². The largest absolute Gasteiger partial charge is 0.381 e. The first-order chi connectivity index (χ1) is 10.1. The number of hydrogen-bond acceptors (Lipinski definition) is 3. The molecule has 112 valence electrons. The zero-order chi connectivity index (χ0) is 14.7. The number of aromatic nitrogens is 3. The lowest BCUT2D eigenvalue weighted by Gasteiger charge is -2.22. The second-order valence-electron chi connectivity index (χ2n) is 6.79. The third kappa shape index (κ3) is 3.63. The van der Waals surface area contributed by atoms with E-state index < -0.39 is 0 Å². The van der Waals surface area contributed by atoms with Crippen LogP contribution in [0.25, 0.3) is 5.82 Å². The van der Waals surface area contributed by atoms with Gasteiger partial charge >= 0.3 is 0 Å². The van der Waals surface area contributed by atoms with Gasteiger partial charge in [-0.15, -0.1) is 0 Å². The molecule has 2 aromatic heterocycles. The quantitative estimate of drug-likeness (QED) is 0.865. The number of nitrogens with zero attached hydrogens (tertiary/aromatic N) is 3. The normalized spacial score (nSPS) is 21.7. The first kappa shape index (κ1) is 14.1. The van der Waals surface area contributed by atoms with Gasteiger partial charge in [-0.1, -0.05) is 20.3 Å². The molecule has 4 nitrogen and oxygen atoms in total. The Bertz CT molecular complexity index is 557. The van der Waals surface area contributed by atoms with Crippen LogP contribution in [0.5, 0.6) is 0 Å². The Morgan fingerprint density at radius 1 is 1.24 bits per heavy atom. The Balaban J connectivity index is 1.63. The first-order valence-corrected chi connectivity index (χ1v) is 7.85. The van der Waals surface area contributed by atoms with Crippen LogP contribution < -0.4 is 5.32 Å². The summed E-state index contributed by atoms with van der Waals surface area (Å²) < 4.78 is 1.78. The summed E-state index contributed by atoms with van der Waals surface area (Å²) in [5, 5.41) is 7.83. The van der Waals surface area contributed by atoms with E-state index in [2.05, 4.69) is 35.3 Å². The van der Waals surface area contributed by atoms with E-state index in [9.17, 15) is 0 Å². The maximum atomic E-state index is 4.48. The molecule has 0 aliphatic heterocycles. The van der Waals surface area contributed by atoms with E-state index in [1.165, 1.54) is 32.1 Å². The van der Waals surface area contributed by atoms with Crippen LogP contribution in [0.3, 0.4) is 0 Å². The molecule has 0 radical (unpaired) electrons. The highest BCUT2D eigenvalue weighted by Gasteiger charge is 2.24. The van der Waals surface area contributed by atoms with Crippen molar-refractivity contribution in [2.75, 3.05) is 5.32 Å². The minimum atomic E-state index is 0.499. The minimum Gasteiger partial charge on any atom is -0.381 e. The van der Waals surface area contributed by atoms with Gasteiger partial charge in [0.25, 0.3) is 0 Å². The molecular weight excluding hydrogens is 260 g/mol. The minimum absolute atomic E-state index is 0.499. The average Bonchev–Trinajstić information content (AvgIpc) is 2.94. The number of rotatable bonds is 3. The predicted octanol–water partition coefficient (Wildman–Crippen LogP) is 4.04. The van der Waals surface area contributed by atoms with Crippen LogP contribution in [0.2, 0.25) is 0 Å². The van der Waals surface area contributed by atoms with Gasteiger partial charge in [0.1, 0.15) is 0 Å². The van der Waals surface area contributed by atoms with Gasteiger partial charge in [-0.3, -0.25) is 0 Å². The van der Waals surface area contributed by atoms with Gasteiger partial charge in [0, 0.05) is 18.4 Å². The van der Waals surface area contributed by atoms with Crippen LogP contribution in [0.1, 0.15) is 46.0 Å². The second-order valence-corrected chi connectivity index (χ2v) is 6.79. The van der Waals surface area contributed by atoms with Crippen LogP contribution in [0.4, 0.5) is 5.69 Å². The molecule has 2 heterocycles. The van der Waals surface area contributed by atoms with Crippen LogP contribution in [-0.4, -0.2) is 20.8 Å². The van der Waals surface area contributed by atoms with Crippen molar-refractivity contribution in [3.63, 3.8) is 0 Å². The van der Waals surface area contributed by atoms with E-state index >= 15 is 0 Å². The molecule has 1 saturated carbocycles. The summed E-state index contributed by atoms with van der Waals surface area (Å²) in [7, 11) is 0. The van der Waals surface area contributed by atoms with Crippen LogP contribution in [-0.2, 0) is 0 Å². The van der Waals surface area contributed by atoms with Gasteiger partial charge in [-0.25, -0.2) is 9.67 Å². The fourth-order valence-corrected chi connectivity index (χ4v) is 3.05. The van der Waals surface area contributed by atoms with Gasteiger partial charge in [-0.2, -0.15) is 5.10 Å². The van der Waals surface area contributed by atoms with Crippen LogP contribution in [0.15, 0.2) is 36.8 Å². The van der Waals surface area contributed by atoms with E-state index in [-0.39, 0.29) is 0 Å². The van der Waals surface area contributed by atoms with E-state index in [1.807, 2.05) is 24.5 Å². The van der Waals surface area contributed by atoms with Crippen LogP contribution >= 0.6 is 0 Å². The lowest BCUT2D eigenvalue weighted by atomic mass is 9.85. The molecular formula is C17H24N4. The number of anilines is 1. The fraction of sp³-hybridized carbons (Fsp3) is 0.529. The number of nitrogens with one attached hydrogen (secondary N) is 1. The second kappa shape index (κ2) is 5.88. The smallest absolute Gasteiger partial charge is 0.153 e. The average molecular weight is 284 g/mol. The molecule has 0 amide bonds. The van der Waals surface area contributed by atoms with E-state index in [1.54, 1.807) is 10.9 Å². The topological polar surface area (TPSA) is 42.7 Å². The van der Waals surface area contributed by atoms with Crippen molar-refractivity contribution in [1.82, 2.24) is 14.8 Å². The van der Waals surface area contributed by atoms with Crippen molar-refractivity contribution >= 4 is 5.69 Å². The lowest BCUT2D eigenvalue weighted by molar-refractivity contribution is 0.313. The zero-order valence-corrected chi connectivity index (χ0v) is 12.9. The monoisotopic (exact) mass is 284 g/mol. The van der Waals surface area contributed by atoms with Gasteiger partial charge in [0.2, 0.25) is 0 Å². The molecule has 1 N–H and O–H groups in total. The SMILES string of the molecule is CC1(C)CCCC(Nc2ccc(-n3cccn3)nc2)CC1. The zero-order valence-electron chi connectivity index (χ0n) is 12.9. The maximum Gasteiger partial charge on any atom is 0.153 e. The van der Waals surface area contributed by atoms with Crippen molar-refractivity contribution in [2.45, 2.75) is 52.0 Å². The summed E-state index contributed by atoms with van der Waals surface area (Å²) >= 11 is 0. The summed E-state index contributed by atoms with van der Waals surface area (Å²) in [5.74, 6) is 0.854. The Morgan fingerprint density at radius 3 is 2.86 bits per heavy atom. The first-order valence-electron chi connectivity index (χ1n) is 7.85. The number of pyridine rings is 1. The number of hydrogen-bond donors (Lipinski definition) is 1. The Morgan fingerprint density at radius 2 is 2.14 bits per heavy atom. The van der Waals surface area contributed by atoms with Crippen molar-refractivity contribution in [1.29, 1.82) is 0 Å². The van der Waals surface area contributed by atoms with Gasteiger partial charge in [0.15, 0.2) is 5.82 Å². The van der Waals surface area contributed by atoms with E-state index in [0.29, 0.717) is 11.5 Å². The Hall–Kier alpha value is -1.84. The highest BCUT2D eigenvalue weighted by molar-refractivity contribution is 5.44. The molecule has 0 saturated heterocycles.